The van der Waals surface area contributed by atoms with Crippen molar-refractivity contribution in [3.05, 3.63) is 36.5 Å². The van der Waals surface area contributed by atoms with Crippen molar-refractivity contribution < 1.29 is 4.74 Å². The van der Waals surface area contributed by atoms with E-state index in [1.54, 1.807) is 12.4 Å². The van der Waals surface area contributed by atoms with Crippen molar-refractivity contribution in [2.24, 2.45) is 0 Å². The van der Waals surface area contributed by atoms with E-state index >= 15 is 0 Å². The van der Waals surface area contributed by atoms with Gasteiger partial charge < -0.3 is 10.1 Å². The molecule has 0 aliphatic carbocycles. The van der Waals surface area contributed by atoms with Crippen molar-refractivity contribution in [3.63, 3.8) is 0 Å². The number of ether oxygens (including phenoxy) is 1. The van der Waals surface area contributed by atoms with Gasteiger partial charge in [0.15, 0.2) is 5.82 Å². The highest BCUT2D eigenvalue weighted by atomic mass is 16.5. The number of aryl methyl sites for hydroxylation is 1. The summed E-state index contributed by atoms with van der Waals surface area (Å²) in [4.78, 5) is 8.68. The Hall–Kier alpha value is -1.88. The zero-order chi connectivity index (χ0) is 12.4. The summed E-state index contributed by atoms with van der Waals surface area (Å²) in [6.45, 7) is 3.56. The Bertz CT molecular complexity index is 531. The van der Waals surface area contributed by atoms with Crippen LogP contribution in [0.5, 0.6) is 0 Å². The molecule has 0 saturated carbocycles. The first kappa shape index (κ1) is 11.2. The van der Waals surface area contributed by atoms with Crippen LogP contribution in [0, 0.1) is 6.92 Å². The van der Waals surface area contributed by atoms with E-state index in [-0.39, 0.29) is 0 Å². The SMILES string of the molecule is Cc1nccn1-c1ncccc1NC1CCOC1. The lowest BCUT2D eigenvalue weighted by Crippen LogP contribution is -2.20. The first-order valence-corrected chi connectivity index (χ1v) is 6.14. The van der Waals surface area contributed by atoms with E-state index in [0.717, 1.165) is 37.0 Å². The second kappa shape index (κ2) is 4.78. The van der Waals surface area contributed by atoms with Crippen molar-refractivity contribution in [3.8, 4) is 5.82 Å². The monoisotopic (exact) mass is 244 g/mol. The van der Waals surface area contributed by atoms with Gasteiger partial charge >= 0.3 is 0 Å². The summed E-state index contributed by atoms with van der Waals surface area (Å²) in [6, 6.07) is 4.35. The highest BCUT2D eigenvalue weighted by Crippen LogP contribution is 2.21. The summed E-state index contributed by atoms with van der Waals surface area (Å²) in [7, 11) is 0. The first-order valence-electron chi connectivity index (χ1n) is 6.14. The Balaban J connectivity index is 1.92. The van der Waals surface area contributed by atoms with Crippen molar-refractivity contribution >= 4 is 5.69 Å². The summed E-state index contributed by atoms with van der Waals surface area (Å²) >= 11 is 0. The van der Waals surface area contributed by atoms with Gasteiger partial charge in [0.1, 0.15) is 5.82 Å². The lowest BCUT2D eigenvalue weighted by Gasteiger charge is -2.16. The fraction of sp³-hybridized carbons (Fsp3) is 0.385. The highest BCUT2D eigenvalue weighted by molar-refractivity contribution is 5.57. The molecule has 1 N–H and O–H groups in total. The minimum absolute atomic E-state index is 0.372. The fourth-order valence-corrected chi connectivity index (χ4v) is 2.17. The van der Waals surface area contributed by atoms with Gasteiger partial charge in [-0.3, -0.25) is 4.57 Å². The van der Waals surface area contributed by atoms with Crippen LogP contribution in [0.3, 0.4) is 0 Å². The Labute approximate surface area is 106 Å². The first-order chi connectivity index (χ1) is 8.84. The largest absolute Gasteiger partial charge is 0.379 e. The van der Waals surface area contributed by atoms with E-state index in [4.69, 9.17) is 4.74 Å². The van der Waals surface area contributed by atoms with Crippen LogP contribution < -0.4 is 5.32 Å². The summed E-state index contributed by atoms with van der Waals surface area (Å²) in [5, 5.41) is 3.49. The summed E-state index contributed by atoms with van der Waals surface area (Å²) in [6.07, 6.45) is 6.54. The van der Waals surface area contributed by atoms with E-state index in [1.807, 2.05) is 29.8 Å². The van der Waals surface area contributed by atoms with Crippen LogP contribution in [-0.4, -0.2) is 33.8 Å². The molecular weight excluding hydrogens is 228 g/mol. The van der Waals surface area contributed by atoms with Crippen LogP contribution in [-0.2, 0) is 4.74 Å². The Morgan fingerprint density at radius 3 is 3.06 bits per heavy atom. The van der Waals surface area contributed by atoms with Gasteiger partial charge in [0.05, 0.1) is 18.3 Å². The molecule has 1 aliphatic rings. The number of imidazole rings is 1. The topological polar surface area (TPSA) is 52.0 Å². The van der Waals surface area contributed by atoms with Crippen LogP contribution in [0.15, 0.2) is 30.7 Å². The third-order valence-corrected chi connectivity index (χ3v) is 3.13. The van der Waals surface area contributed by atoms with E-state index in [9.17, 15) is 0 Å². The fourth-order valence-electron chi connectivity index (χ4n) is 2.17. The van der Waals surface area contributed by atoms with Gasteiger partial charge in [-0.15, -0.1) is 0 Å². The molecule has 1 unspecified atom stereocenters. The third kappa shape index (κ3) is 2.09. The average Bonchev–Trinajstić information content (AvgIpc) is 3.02. The standard InChI is InChI=1S/C13H16N4O/c1-10-14-6-7-17(10)13-12(3-2-5-15-13)16-11-4-8-18-9-11/h2-3,5-7,11,16H,4,8-9H2,1H3. The number of rotatable bonds is 3. The molecule has 0 amide bonds. The van der Waals surface area contributed by atoms with Gasteiger partial charge in [0.2, 0.25) is 0 Å². The lowest BCUT2D eigenvalue weighted by molar-refractivity contribution is 0.195. The predicted octanol–water partition coefficient (Wildman–Crippen LogP) is 1.78. The number of anilines is 1. The Kier molecular flexibility index (Phi) is 2.98. The third-order valence-electron chi connectivity index (χ3n) is 3.13. The molecule has 5 heteroatoms. The Morgan fingerprint density at radius 1 is 1.39 bits per heavy atom. The molecule has 0 radical (unpaired) electrons. The van der Waals surface area contributed by atoms with Gasteiger partial charge in [0, 0.05) is 25.2 Å². The molecule has 94 valence electrons. The molecule has 0 aromatic carbocycles. The summed E-state index contributed by atoms with van der Waals surface area (Å²) < 4.78 is 7.37. The van der Waals surface area contributed by atoms with Crippen molar-refractivity contribution in [2.45, 2.75) is 19.4 Å². The van der Waals surface area contributed by atoms with Crippen molar-refractivity contribution in [1.29, 1.82) is 0 Å². The van der Waals surface area contributed by atoms with E-state index in [0.29, 0.717) is 6.04 Å². The minimum atomic E-state index is 0.372. The second-order valence-electron chi connectivity index (χ2n) is 4.42. The van der Waals surface area contributed by atoms with Crippen LogP contribution in [0.2, 0.25) is 0 Å². The number of hydrogen-bond acceptors (Lipinski definition) is 4. The van der Waals surface area contributed by atoms with E-state index in [2.05, 4.69) is 15.3 Å². The van der Waals surface area contributed by atoms with Crippen LogP contribution in [0.4, 0.5) is 5.69 Å². The zero-order valence-electron chi connectivity index (χ0n) is 10.3. The van der Waals surface area contributed by atoms with Crippen molar-refractivity contribution in [2.75, 3.05) is 18.5 Å². The lowest BCUT2D eigenvalue weighted by atomic mass is 10.2. The number of nitrogens with zero attached hydrogens (tertiary/aromatic N) is 3. The molecule has 1 aliphatic heterocycles. The zero-order valence-corrected chi connectivity index (χ0v) is 10.3. The molecule has 18 heavy (non-hydrogen) atoms. The molecule has 3 heterocycles. The average molecular weight is 244 g/mol. The molecule has 1 atom stereocenters. The molecule has 3 rings (SSSR count). The predicted molar refractivity (Wildman–Crippen MR) is 68.9 cm³/mol. The van der Waals surface area contributed by atoms with Gasteiger partial charge in [-0.25, -0.2) is 9.97 Å². The van der Waals surface area contributed by atoms with Crippen LogP contribution in [0.25, 0.3) is 5.82 Å². The number of nitrogens with one attached hydrogen (secondary N) is 1. The molecule has 5 nitrogen and oxygen atoms in total. The number of hydrogen-bond donors (Lipinski definition) is 1. The van der Waals surface area contributed by atoms with Gasteiger partial charge in [-0.1, -0.05) is 0 Å². The molecule has 2 aromatic heterocycles. The second-order valence-corrected chi connectivity index (χ2v) is 4.42. The summed E-state index contributed by atoms with van der Waals surface area (Å²) in [5.41, 5.74) is 1.02. The smallest absolute Gasteiger partial charge is 0.161 e. The maximum atomic E-state index is 5.38. The maximum Gasteiger partial charge on any atom is 0.161 e. The molecule has 1 saturated heterocycles. The van der Waals surface area contributed by atoms with E-state index in [1.165, 1.54) is 0 Å². The number of pyridine rings is 1. The van der Waals surface area contributed by atoms with Gasteiger partial charge in [-0.05, 0) is 25.5 Å². The molecule has 2 aromatic rings. The van der Waals surface area contributed by atoms with Crippen LogP contribution in [0.1, 0.15) is 12.2 Å². The van der Waals surface area contributed by atoms with Crippen molar-refractivity contribution in [1.82, 2.24) is 14.5 Å². The minimum Gasteiger partial charge on any atom is -0.379 e. The molecule has 1 fully saturated rings. The summed E-state index contributed by atoms with van der Waals surface area (Å²) in [5.74, 6) is 1.82. The Morgan fingerprint density at radius 2 is 2.33 bits per heavy atom. The van der Waals surface area contributed by atoms with Gasteiger partial charge in [0.25, 0.3) is 0 Å². The van der Waals surface area contributed by atoms with E-state index < -0.39 is 0 Å². The van der Waals surface area contributed by atoms with Gasteiger partial charge in [-0.2, -0.15) is 0 Å². The van der Waals surface area contributed by atoms with Crippen LogP contribution >= 0.6 is 0 Å². The highest BCUT2D eigenvalue weighted by Gasteiger charge is 2.17. The maximum absolute atomic E-state index is 5.38. The molecular formula is C13H16N4O. The quantitative estimate of drug-likeness (QED) is 0.894. The molecule has 0 spiro atoms. The molecule has 0 bridgehead atoms. The number of aromatic nitrogens is 3. The normalized spacial score (nSPS) is 19.1.